The maximum absolute atomic E-state index is 12.6. The van der Waals surface area contributed by atoms with Crippen molar-refractivity contribution in [3.05, 3.63) is 29.3 Å². The molecule has 0 aliphatic carbocycles. The molecule has 0 saturated carbocycles. The van der Waals surface area contributed by atoms with Crippen LogP contribution in [0.4, 0.5) is 0 Å². The lowest BCUT2D eigenvalue weighted by molar-refractivity contribution is -0.138. The molecule has 106 valence electrons. The highest BCUT2D eigenvalue weighted by molar-refractivity contribution is 7.98. The number of carbonyl (C=O) groups excluding carboxylic acids is 3. The van der Waals surface area contributed by atoms with Crippen LogP contribution in [0.3, 0.4) is 0 Å². The monoisotopic (exact) mass is 292 g/mol. The van der Waals surface area contributed by atoms with Crippen molar-refractivity contribution in [2.75, 3.05) is 12.8 Å². The molecule has 5 nitrogen and oxygen atoms in total. The second-order valence-electron chi connectivity index (χ2n) is 4.70. The van der Waals surface area contributed by atoms with Gasteiger partial charge in [-0.1, -0.05) is 6.07 Å². The molecule has 0 spiro atoms. The predicted molar refractivity (Wildman–Crippen MR) is 76.6 cm³/mol. The molecular weight excluding hydrogens is 276 g/mol. The second kappa shape index (κ2) is 5.66. The maximum Gasteiger partial charge on any atom is 0.255 e. The minimum absolute atomic E-state index is 0.0886. The van der Waals surface area contributed by atoms with Crippen molar-refractivity contribution in [3.63, 3.8) is 0 Å². The van der Waals surface area contributed by atoms with Crippen LogP contribution in [0.25, 0.3) is 0 Å². The molecule has 1 aliphatic rings. The number of nitrogens with one attached hydrogen (secondary N) is 1. The molecule has 2 rings (SSSR count). The van der Waals surface area contributed by atoms with Gasteiger partial charge in [-0.2, -0.15) is 0 Å². The van der Waals surface area contributed by atoms with Crippen LogP contribution < -0.4 is 5.32 Å². The minimum atomic E-state index is -0.641. The molecule has 6 heteroatoms. The van der Waals surface area contributed by atoms with E-state index >= 15 is 0 Å². The summed E-state index contributed by atoms with van der Waals surface area (Å²) in [7, 11) is 0. The largest absolute Gasteiger partial charge is 0.318 e. The Morgan fingerprint density at radius 3 is 2.75 bits per heavy atom. The quantitative estimate of drug-likeness (QED) is 0.657. The lowest BCUT2D eigenvalue weighted by Crippen LogP contribution is -2.58. The van der Waals surface area contributed by atoms with E-state index in [1.165, 1.54) is 4.90 Å². The highest BCUT2D eigenvalue weighted by Gasteiger charge is 2.34. The van der Waals surface area contributed by atoms with E-state index in [1.807, 2.05) is 25.3 Å². The van der Waals surface area contributed by atoms with Crippen LogP contribution in [0.5, 0.6) is 0 Å². The van der Waals surface area contributed by atoms with Gasteiger partial charge in [0.15, 0.2) is 0 Å². The summed E-state index contributed by atoms with van der Waals surface area (Å²) >= 11 is 1.54. The Bertz CT molecular complexity index is 586. The first-order chi connectivity index (χ1) is 9.43. The summed E-state index contributed by atoms with van der Waals surface area (Å²) in [6.45, 7) is 3.37. The van der Waals surface area contributed by atoms with Gasteiger partial charge >= 0.3 is 0 Å². The molecular formula is C14H16N2O3S. The lowest BCUT2D eigenvalue weighted by Gasteiger charge is -2.32. The number of nitrogens with zero attached hydrogens (tertiary/aromatic N) is 1. The average Bonchev–Trinajstić information content (AvgIpc) is 2.42. The SMILES string of the molecule is CSc1ccc(C)c(C(=O)N2CC(=O)NC(=O)C2C)c1. The highest BCUT2D eigenvalue weighted by Crippen LogP contribution is 2.21. The van der Waals surface area contributed by atoms with Crippen molar-refractivity contribution in [2.24, 2.45) is 0 Å². The van der Waals surface area contributed by atoms with Crippen LogP contribution in [-0.2, 0) is 9.59 Å². The molecule has 1 atom stereocenters. The molecule has 1 aromatic carbocycles. The highest BCUT2D eigenvalue weighted by atomic mass is 32.2. The molecule has 0 radical (unpaired) electrons. The Hall–Kier alpha value is -1.82. The Morgan fingerprint density at radius 2 is 2.10 bits per heavy atom. The van der Waals surface area contributed by atoms with E-state index in [0.717, 1.165) is 10.5 Å². The summed E-state index contributed by atoms with van der Waals surface area (Å²) in [5, 5.41) is 2.23. The fraction of sp³-hybridized carbons (Fsp3) is 0.357. The molecule has 1 aromatic rings. The number of rotatable bonds is 2. The van der Waals surface area contributed by atoms with Crippen LogP contribution in [0, 0.1) is 6.92 Å². The third-order valence-electron chi connectivity index (χ3n) is 3.36. The summed E-state index contributed by atoms with van der Waals surface area (Å²) in [5.74, 6) is -1.16. The Morgan fingerprint density at radius 1 is 1.40 bits per heavy atom. The van der Waals surface area contributed by atoms with Gasteiger partial charge in [-0.05, 0) is 37.8 Å². The Balaban J connectivity index is 2.35. The van der Waals surface area contributed by atoms with Gasteiger partial charge in [-0.15, -0.1) is 11.8 Å². The molecule has 0 aromatic heterocycles. The van der Waals surface area contributed by atoms with Gasteiger partial charge in [-0.3, -0.25) is 19.7 Å². The van der Waals surface area contributed by atoms with Crippen LogP contribution >= 0.6 is 11.8 Å². The molecule has 3 amide bonds. The summed E-state index contributed by atoms with van der Waals surface area (Å²) in [6, 6.07) is 4.97. The van der Waals surface area contributed by atoms with Crippen LogP contribution in [0.15, 0.2) is 23.1 Å². The van der Waals surface area contributed by atoms with Gasteiger partial charge < -0.3 is 4.90 Å². The summed E-state index contributed by atoms with van der Waals surface area (Å²) in [6.07, 6.45) is 1.93. The first-order valence-electron chi connectivity index (χ1n) is 6.23. The number of piperazine rings is 1. The zero-order valence-corrected chi connectivity index (χ0v) is 12.4. The van der Waals surface area contributed by atoms with Crippen molar-refractivity contribution >= 4 is 29.5 Å². The summed E-state index contributed by atoms with van der Waals surface area (Å²) < 4.78 is 0. The molecule has 1 heterocycles. The van der Waals surface area contributed by atoms with Gasteiger partial charge in [0.2, 0.25) is 11.8 Å². The minimum Gasteiger partial charge on any atom is -0.318 e. The Labute approximate surface area is 121 Å². The van der Waals surface area contributed by atoms with E-state index in [0.29, 0.717) is 5.56 Å². The number of imide groups is 1. The number of hydrogen-bond acceptors (Lipinski definition) is 4. The number of thioether (sulfide) groups is 1. The first kappa shape index (κ1) is 14.6. The first-order valence-corrected chi connectivity index (χ1v) is 7.46. The van der Waals surface area contributed by atoms with Gasteiger partial charge in [0.25, 0.3) is 5.91 Å². The zero-order chi connectivity index (χ0) is 14.9. The summed E-state index contributed by atoms with van der Waals surface area (Å²) in [5.41, 5.74) is 1.37. The van der Waals surface area contributed by atoms with Crippen molar-refractivity contribution in [2.45, 2.75) is 24.8 Å². The average molecular weight is 292 g/mol. The van der Waals surface area contributed by atoms with Gasteiger partial charge in [0, 0.05) is 10.5 Å². The number of hydrogen-bond donors (Lipinski definition) is 1. The van der Waals surface area contributed by atoms with Crippen LogP contribution in [0.2, 0.25) is 0 Å². The fourth-order valence-corrected chi connectivity index (χ4v) is 2.52. The zero-order valence-electron chi connectivity index (χ0n) is 11.6. The molecule has 0 bridgehead atoms. The van der Waals surface area contributed by atoms with Crippen molar-refractivity contribution in [1.29, 1.82) is 0 Å². The number of amides is 3. The topological polar surface area (TPSA) is 66.5 Å². The molecule has 1 fully saturated rings. The van der Waals surface area contributed by atoms with Gasteiger partial charge in [0.1, 0.15) is 12.6 Å². The molecule has 1 aliphatic heterocycles. The number of benzene rings is 1. The normalized spacial score (nSPS) is 18.9. The van der Waals surface area contributed by atoms with Crippen molar-refractivity contribution < 1.29 is 14.4 Å². The van der Waals surface area contributed by atoms with E-state index in [9.17, 15) is 14.4 Å². The lowest BCUT2D eigenvalue weighted by atomic mass is 10.1. The van der Waals surface area contributed by atoms with E-state index in [2.05, 4.69) is 5.32 Å². The van der Waals surface area contributed by atoms with E-state index < -0.39 is 17.9 Å². The Kier molecular flexibility index (Phi) is 4.13. The third kappa shape index (κ3) is 2.70. The number of carbonyl (C=O) groups is 3. The maximum atomic E-state index is 12.6. The number of aryl methyl sites for hydroxylation is 1. The molecule has 1 unspecified atom stereocenters. The van der Waals surface area contributed by atoms with E-state index in [1.54, 1.807) is 24.8 Å². The van der Waals surface area contributed by atoms with Crippen LogP contribution in [0.1, 0.15) is 22.8 Å². The predicted octanol–water partition coefficient (Wildman–Crippen LogP) is 1.20. The van der Waals surface area contributed by atoms with Crippen molar-refractivity contribution in [3.8, 4) is 0 Å². The summed E-state index contributed by atoms with van der Waals surface area (Å²) in [4.78, 5) is 37.9. The second-order valence-corrected chi connectivity index (χ2v) is 5.58. The van der Waals surface area contributed by atoms with Gasteiger partial charge in [0.05, 0.1) is 0 Å². The molecule has 20 heavy (non-hydrogen) atoms. The van der Waals surface area contributed by atoms with Crippen LogP contribution in [-0.4, -0.2) is 41.5 Å². The van der Waals surface area contributed by atoms with Gasteiger partial charge in [-0.25, -0.2) is 0 Å². The van der Waals surface area contributed by atoms with E-state index in [-0.39, 0.29) is 12.5 Å². The fourth-order valence-electron chi connectivity index (χ4n) is 2.08. The van der Waals surface area contributed by atoms with Crippen molar-refractivity contribution in [1.82, 2.24) is 10.2 Å². The van der Waals surface area contributed by atoms with E-state index in [4.69, 9.17) is 0 Å². The molecule has 1 N–H and O–H groups in total. The molecule has 1 saturated heterocycles. The third-order valence-corrected chi connectivity index (χ3v) is 4.08. The standard InChI is InChI=1S/C14H16N2O3S/c1-8-4-5-10(20-3)6-11(8)14(19)16-7-12(17)15-13(18)9(16)2/h4-6,9H,7H2,1-3H3,(H,15,17,18). The smallest absolute Gasteiger partial charge is 0.255 e.